The van der Waals surface area contributed by atoms with E-state index < -0.39 is 0 Å². The summed E-state index contributed by atoms with van der Waals surface area (Å²) in [6.45, 7) is 2.89. The molecule has 1 fully saturated rings. The first-order chi connectivity index (χ1) is 12.3. The minimum absolute atomic E-state index is 0.112. The van der Waals surface area contributed by atoms with Crippen LogP contribution in [0.5, 0.6) is 0 Å². The standard InChI is InChI=1S/C19H24N4OS/c24-18(20-15-8-4-5-9-15)22-19-21-16-10-11-23(13-17(16)25-19)12-14-6-2-1-3-7-14/h1-3,6-7,15H,4-5,8-13H2,(H2,20,21,22,24). The highest BCUT2D eigenvalue weighted by molar-refractivity contribution is 7.15. The molecular weight excluding hydrogens is 332 g/mol. The van der Waals surface area contributed by atoms with Gasteiger partial charge in [0.25, 0.3) is 0 Å². The molecule has 2 amide bonds. The quantitative estimate of drug-likeness (QED) is 0.877. The molecule has 0 atom stereocenters. The molecule has 2 N–H and O–H groups in total. The number of rotatable bonds is 4. The van der Waals surface area contributed by atoms with E-state index in [2.05, 4.69) is 50.8 Å². The minimum Gasteiger partial charge on any atom is -0.335 e. The first-order valence-corrected chi connectivity index (χ1v) is 9.90. The molecule has 4 rings (SSSR count). The molecule has 25 heavy (non-hydrogen) atoms. The SMILES string of the molecule is O=C(Nc1nc2c(s1)CN(Cc1ccccc1)CC2)NC1CCCC1. The summed E-state index contributed by atoms with van der Waals surface area (Å²) < 4.78 is 0. The zero-order valence-electron chi connectivity index (χ0n) is 14.3. The van der Waals surface area contributed by atoms with Crippen molar-refractivity contribution in [1.82, 2.24) is 15.2 Å². The zero-order valence-corrected chi connectivity index (χ0v) is 15.1. The van der Waals surface area contributed by atoms with Crippen LogP contribution >= 0.6 is 11.3 Å². The van der Waals surface area contributed by atoms with Gasteiger partial charge in [0.2, 0.25) is 0 Å². The van der Waals surface area contributed by atoms with Crippen LogP contribution in [0.3, 0.4) is 0 Å². The summed E-state index contributed by atoms with van der Waals surface area (Å²) in [6, 6.07) is 10.8. The van der Waals surface area contributed by atoms with Gasteiger partial charge in [-0.3, -0.25) is 10.2 Å². The molecule has 1 aromatic carbocycles. The Bertz CT molecular complexity index is 724. The van der Waals surface area contributed by atoms with Crippen LogP contribution in [0.2, 0.25) is 0 Å². The van der Waals surface area contributed by atoms with Gasteiger partial charge in [-0.05, 0) is 18.4 Å². The van der Waals surface area contributed by atoms with E-state index in [0.29, 0.717) is 6.04 Å². The number of amides is 2. The molecule has 2 aliphatic rings. The van der Waals surface area contributed by atoms with E-state index in [1.165, 1.54) is 23.3 Å². The fraction of sp³-hybridized carbons (Fsp3) is 0.474. The second-order valence-corrected chi connectivity index (χ2v) is 8.00. The van der Waals surface area contributed by atoms with Crippen LogP contribution in [0.15, 0.2) is 30.3 Å². The summed E-state index contributed by atoms with van der Waals surface area (Å²) in [4.78, 5) is 20.5. The molecular formula is C19H24N4OS. The summed E-state index contributed by atoms with van der Waals surface area (Å²) in [5.74, 6) is 0. The molecule has 5 nitrogen and oxygen atoms in total. The van der Waals surface area contributed by atoms with Crippen LogP contribution in [0.25, 0.3) is 0 Å². The molecule has 0 radical (unpaired) electrons. The van der Waals surface area contributed by atoms with Crippen molar-refractivity contribution in [3.05, 3.63) is 46.5 Å². The topological polar surface area (TPSA) is 57.3 Å². The van der Waals surface area contributed by atoms with Crippen molar-refractivity contribution >= 4 is 22.5 Å². The Kier molecular flexibility index (Phi) is 4.99. The first kappa shape index (κ1) is 16.5. The van der Waals surface area contributed by atoms with Gasteiger partial charge in [-0.25, -0.2) is 9.78 Å². The third-order valence-electron chi connectivity index (χ3n) is 4.97. The highest BCUT2D eigenvalue weighted by atomic mass is 32.1. The average molecular weight is 356 g/mol. The Hall–Kier alpha value is -1.92. The number of fused-ring (bicyclic) bond motifs is 1. The molecule has 6 heteroatoms. The van der Waals surface area contributed by atoms with Gasteiger partial charge in [0, 0.05) is 37.0 Å². The Morgan fingerprint density at radius 2 is 2.04 bits per heavy atom. The van der Waals surface area contributed by atoms with Crippen molar-refractivity contribution in [2.75, 3.05) is 11.9 Å². The monoisotopic (exact) mass is 356 g/mol. The van der Waals surface area contributed by atoms with Gasteiger partial charge in [0.15, 0.2) is 5.13 Å². The van der Waals surface area contributed by atoms with Crippen LogP contribution in [0.4, 0.5) is 9.93 Å². The highest BCUT2D eigenvalue weighted by Crippen LogP contribution is 2.29. The van der Waals surface area contributed by atoms with Gasteiger partial charge < -0.3 is 5.32 Å². The van der Waals surface area contributed by atoms with Crippen LogP contribution in [-0.4, -0.2) is 28.5 Å². The lowest BCUT2D eigenvalue weighted by molar-refractivity contribution is 0.247. The maximum Gasteiger partial charge on any atom is 0.321 e. The normalized spacial score (nSPS) is 18.1. The van der Waals surface area contributed by atoms with Crippen molar-refractivity contribution in [2.45, 2.75) is 51.2 Å². The van der Waals surface area contributed by atoms with Crippen LogP contribution in [0.1, 0.15) is 41.8 Å². The number of carbonyl (C=O) groups excluding carboxylic acids is 1. The molecule has 1 aliphatic carbocycles. The van der Waals surface area contributed by atoms with Crippen molar-refractivity contribution in [2.24, 2.45) is 0 Å². The minimum atomic E-state index is -0.112. The second-order valence-electron chi connectivity index (χ2n) is 6.91. The third kappa shape index (κ3) is 4.19. The van der Waals surface area contributed by atoms with Gasteiger partial charge in [0.1, 0.15) is 0 Å². The molecule has 0 spiro atoms. The fourth-order valence-electron chi connectivity index (χ4n) is 3.67. The smallest absolute Gasteiger partial charge is 0.321 e. The Labute approximate surface area is 152 Å². The molecule has 1 aliphatic heterocycles. The maximum absolute atomic E-state index is 12.1. The lowest BCUT2D eigenvalue weighted by Crippen LogP contribution is -2.36. The number of aromatic nitrogens is 1. The van der Waals surface area contributed by atoms with Gasteiger partial charge in [-0.15, -0.1) is 11.3 Å². The van der Waals surface area contributed by atoms with E-state index in [9.17, 15) is 4.79 Å². The summed E-state index contributed by atoms with van der Waals surface area (Å²) in [5, 5.41) is 6.71. The van der Waals surface area contributed by atoms with E-state index in [4.69, 9.17) is 0 Å². The van der Waals surface area contributed by atoms with E-state index >= 15 is 0 Å². The second kappa shape index (κ2) is 7.54. The molecule has 2 aromatic rings. The number of hydrogen-bond donors (Lipinski definition) is 2. The number of benzene rings is 1. The van der Waals surface area contributed by atoms with E-state index in [-0.39, 0.29) is 6.03 Å². The van der Waals surface area contributed by atoms with Crippen molar-refractivity contribution < 1.29 is 4.79 Å². The number of hydrogen-bond acceptors (Lipinski definition) is 4. The first-order valence-electron chi connectivity index (χ1n) is 9.08. The summed E-state index contributed by atoms with van der Waals surface area (Å²) in [5.41, 5.74) is 2.48. The lowest BCUT2D eigenvalue weighted by Gasteiger charge is -2.25. The van der Waals surface area contributed by atoms with Gasteiger partial charge in [0.05, 0.1) is 5.69 Å². The Morgan fingerprint density at radius 3 is 2.84 bits per heavy atom. The summed E-state index contributed by atoms with van der Waals surface area (Å²) in [6.07, 6.45) is 5.57. The van der Waals surface area contributed by atoms with Crippen LogP contribution in [-0.2, 0) is 19.5 Å². The van der Waals surface area contributed by atoms with Crippen LogP contribution in [0, 0.1) is 0 Å². The van der Waals surface area contributed by atoms with Gasteiger partial charge in [-0.1, -0.05) is 43.2 Å². The largest absolute Gasteiger partial charge is 0.335 e. The molecule has 132 valence electrons. The molecule has 0 unspecified atom stereocenters. The average Bonchev–Trinajstić information content (AvgIpc) is 3.24. The van der Waals surface area contributed by atoms with Crippen LogP contribution < -0.4 is 10.6 Å². The Morgan fingerprint density at radius 1 is 1.24 bits per heavy atom. The van der Waals surface area contributed by atoms with E-state index in [0.717, 1.165) is 49.7 Å². The molecule has 0 bridgehead atoms. The van der Waals surface area contributed by atoms with Crippen molar-refractivity contribution in [3.8, 4) is 0 Å². The predicted molar refractivity (Wildman–Crippen MR) is 101 cm³/mol. The summed E-state index contributed by atoms with van der Waals surface area (Å²) >= 11 is 1.61. The van der Waals surface area contributed by atoms with Crippen molar-refractivity contribution in [1.29, 1.82) is 0 Å². The number of nitrogens with one attached hydrogen (secondary N) is 2. The third-order valence-corrected chi connectivity index (χ3v) is 5.97. The number of anilines is 1. The van der Waals surface area contributed by atoms with Crippen molar-refractivity contribution in [3.63, 3.8) is 0 Å². The summed E-state index contributed by atoms with van der Waals surface area (Å²) in [7, 11) is 0. The van der Waals surface area contributed by atoms with Gasteiger partial charge >= 0.3 is 6.03 Å². The number of nitrogens with zero attached hydrogens (tertiary/aromatic N) is 2. The number of urea groups is 1. The number of carbonyl (C=O) groups is 1. The maximum atomic E-state index is 12.1. The number of thiazole rings is 1. The molecule has 0 saturated heterocycles. The van der Waals surface area contributed by atoms with E-state index in [1.807, 2.05) is 0 Å². The lowest BCUT2D eigenvalue weighted by atomic mass is 10.1. The highest BCUT2D eigenvalue weighted by Gasteiger charge is 2.22. The predicted octanol–water partition coefficient (Wildman–Crippen LogP) is 3.77. The zero-order chi connectivity index (χ0) is 17.1. The molecule has 1 saturated carbocycles. The van der Waals surface area contributed by atoms with E-state index in [1.54, 1.807) is 11.3 Å². The van der Waals surface area contributed by atoms with Gasteiger partial charge in [-0.2, -0.15) is 0 Å². The molecule has 1 aromatic heterocycles. The fourth-order valence-corrected chi connectivity index (χ4v) is 4.71. The Balaban J connectivity index is 1.34. The molecule has 2 heterocycles.